The molecule has 0 radical (unpaired) electrons. The molecule has 0 saturated carbocycles. The summed E-state index contributed by atoms with van der Waals surface area (Å²) in [5.74, 6) is -1.22. The zero-order valence-corrected chi connectivity index (χ0v) is 9.20. The van der Waals surface area contributed by atoms with Gasteiger partial charge in [0.2, 0.25) is 0 Å². The van der Waals surface area contributed by atoms with Crippen LogP contribution in [0.1, 0.15) is 35.9 Å². The Labute approximate surface area is 93.2 Å². The van der Waals surface area contributed by atoms with Crippen molar-refractivity contribution in [3.05, 3.63) is 35.1 Å². The molecule has 0 bridgehead atoms. The molecule has 1 aliphatic heterocycles. The van der Waals surface area contributed by atoms with Crippen LogP contribution in [0.3, 0.4) is 0 Å². The van der Waals surface area contributed by atoms with Crippen molar-refractivity contribution in [2.24, 2.45) is 0 Å². The Morgan fingerprint density at radius 3 is 2.81 bits per heavy atom. The highest BCUT2D eigenvalue weighted by Crippen LogP contribution is 2.34. The average molecular weight is 224 g/mol. The van der Waals surface area contributed by atoms with E-state index in [4.69, 9.17) is 9.47 Å². The fourth-order valence-electron chi connectivity index (χ4n) is 1.75. The zero-order valence-electron chi connectivity index (χ0n) is 9.20. The first-order valence-corrected chi connectivity index (χ1v) is 5.09. The summed E-state index contributed by atoms with van der Waals surface area (Å²) in [7, 11) is 0. The van der Waals surface area contributed by atoms with E-state index in [9.17, 15) is 9.18 Å². The maximum Gasteiger partial charge on any atom is 0.163 e. The van der Waals surface area contributed by atoms with Crippen molar-refractivity contribution in [1.82, 2.24) is 0 Å². The minimum absolute atomic E-state index is 0.0470. The summed E-state index contributed by atoms with van der Waals surface area (Å²) in [6.07, 6.45) is 0.0506. The molecule has 0 N–H and O–H groups in total. The molecule has 86 valence electrons. The number of benzene rings is 1. The minimum Gasteiger partial charge on any atom is -0.347 e. The first kappa shape index (κ1) is 11.2. The molecule has 3 nitrogen and oxygen atoms in total. The van der Waals surface area contributed by atoms with Gasteiger partial charge in [0, 0.05) is 5.56 Å². The summed E-state index contributed by atoms with van der Waals surface area (Å²) in [6.45, 7) is 3.84. The zero-order chi connectivity index (χ0) is 11.8. The molecule has 2 rings (SSSR count). The van der Waals surface area contributed by atoms with Crippen LogP contribution in [0.2, 0.25) is 0 Å². The van der Waals surface area contributed by atoms with Crippen molar-refractivity contribution < 1.29 is 18.7 Å². The van der Waals surface area contributed by atoms with Crippen molar-refractivity contribution in [2.45, 2.75) is 25.7 Å². The lowest BCUT2D eigenvalue weighted by molar-refractivity contribution is -0.139. The summed E-state index contributed by atoms with van der Waals surface area (Å²) in [5.41, 5.74) is 0.418. The third-order valence-corrected chi connectivity index (χ3v) is 2.54. The lowest BCUT2D eigenvalue weighted by Crippen LogP contribution is -2.19. The van der Waals surface area contributed by atoms with Gasteiger partial charge in [0.05, 0.1) is 12.2 Å². The van der Waals surface area contributed by atoms with Gasteiger partial charge in [0.15, 0.2) is 12.1 Å². The molecule has 4 heteroatoms. The third-order valence-electron chi connectivity index (χ3n) is 2.54. The Kier molecular flexibility index (Phi) is 2.78. The number of ether oxygens (including phenoxy) is 2. The summed E-state index contributed by atoms with van der Waals surface area (Å²) < 4.78 is 24.7. The Hall–Kier alpha value is -1.26. The second-order valence-corrected chi connectivity index (χ2v) is 4.19. The summed E-state index contributed by atoms with van der Waals surface area (Å²) >= 11 is 0. The standard InChI is InChI=1S/C12H13FO3/c1-12(2)15-7-10(16-12)9-5-3-4-8(6-14)11(9)13/h3-6,10H,7H2,1-2H3/t10-/m0/s1. The van der Waals surface area contributed by atoms with E-state index in [1.54, 1.807) is 26.0 Å². The van der Waals surface area contributed by atoms with E-state index in [1.807, 2.05) is 0 Å². The van der Waals surface area contributed by atoms with Gasteiger partial charge in [0.1, 0.15) is 11.9 Å². The summed E-state index contributed by atoms with van der Waals surface area (Å²) in [4.78, 5) is 10.6. The van der Waals surface area contributed by atoms with Crippen LogP contribution in [0, 0.1) is 5.82 Å². The number of hydrogen-bond acceptors (Lipinski definition) is 3. The van der Waals surface area contributed by atoms with E-state index < -0.39 is 17.7 Å². The molecule has 1 atom stereocenters. The smallest absolute Gasteiger partial charge is 0.163 e. The Morgan fingerprint density at radius 2 is 2.25 bits per heavy atom. The van der Waals surface area contributed by atoms with Gasteiger partial charge in [-0.2, -0.15) is 0 Å². The van der Waals surface area contributed by atoms with Gasteiger partial charge < -0.3 is 9.47 Å². The highest BCUT2D eigenvalue weighted by molar-refractivity contribution is 5.75. The van der Waals surface area contributed by atoms with Crippen LogP contribution in [-0.4, -0.2) is 18.7 Å². The molecule has 0 spiro atoms. The molecule has 1 aromatic rings. The molecule has 1 saturated heterocycles. The fraction of sp³-hybridized carbons (Fsp3) is 0.417. The van der Waals surface area contributed by atoms with E-state index in [2.05, 4.69) is 0 Å². The van der Waals surface area contributed by atoms with Crippen LogP contribution >= 0.6 is 0 Å². The van der Waals surface area contributed by atoms with Crippen molar-refractivity contribution >= 4 is 6.29 Å². The molecular weight excluding hydrogens is 211 g/mol. The van der Waals surface area contributed by atoms with Crippen LogP contribution in [0.4, 0.5) is 4.39 Å². The van der Waals surface area contributed by atoms with Crippen LogP contribution < -0.4 is 0 Å². The van der Waals surface area contributed by atoms with E-state index in [-0.39, 0.29) is 5.56 Å². The van der Waals surface area contributed by atoms with Gasteiger partial charge >= 0.3 is 0 Å². The van der Waals surface area contributed by atoms with Crippen molar-refractivity contribution in [3.8, 4) is 0 Å². The predicted octanol–water partition coefficient (Wildman–Crippen LogP) is 2.46. The maximum absolute atomic E-state index is 13.8. The first-order chi connectivity index (χ1) is 7.53. The molecule has 0 unspecified atom stereocenters. The molecular formula is C12H13FO3. The predicted molar refractivity (Wildman–Crippen MR) is 55.6 cm³/mol. The normalized spacial score (nSPS) is 23.3. The lowest BCUT2D eigenvalue weighted by atomic mass is 10.1. The Balaban J connectivity index is 2.32. The van der Waals surface area contributed by atoms with Crippen LogP contribution in [-0.2, 0) is 9.47 Å². The van der Waals surface area contributed by atoms with Gasteiger partial charge in [0.25, 0.3) is 0 Å². The second kappa shape index (κ2) is 3.96. The number of carbonyl (C=O) groups is 1. The minimum atomic E-state index is -0.700. The fourth-order valence-corrected chi connectivity index (χ4v) is 1.75. The number of aldehydes is 1. The first-order valence-electron chi connectivity index (χ1n) is 5.09. The topological polar surface area (TPSA) is 35.5 Å². The SMILES string of the molecule is CC1(C)OC[C@@H](c2cccc(C=O)c2F)O1. The highest BCUT2D eigenvalue weighted by Gasteiger charge is 2.35. The molecule has 16 heavy (non-hydrogen) atoms. The monoisotopic (exact) mass is 224 g/mol. The van der Waals surface area contributed by atoms with E-state index in [0.717, 1.165) is 0 Å². The molecule has 1 heterocycles. The van der Waals surface area contributed by atoms with Crippen LogP contribution in [0.15, 0.2) is 18.2 Å². The molecule has 0 aromatic heterocycles. The lowest BCUT2D eigenvalue weighted by Gasteiger charge is -2.17. The van der Waals surface area contributed by atoms with E-state index in [0.29, 0.717) is 18.5 Å². The molecule has 0 aliphatic carbocycles. The summed E-state index contributed by atoms with van der Waals surface area (Å²) in [5, 5.41) is 0. The van der Waals surface area contributed by atoms with Gasteiger partial charge in [-0.1, -0.05) is 12.1 Å². The third kappa shape index (κ3) is 1.99. The van der Waals surface area contributed by atoms with Gasteiger partial charge in [-0.05, 0) is 19.9 Å². The van der Waals surface area contributed by atoms with E-state index in [1.165, 1.54) is 6.07 Å². The van der Waals surface area contributed by atoms with Gasteiger partial charge in [-0.15, -0.1) is 0 Å². The molecule has 1 aromatic carbocycles. The average Bonchev–Trinajstić information content (AvgIpc) is 2.59. The van der Waals surface area contributed by atoms with Crippen molar-refractivity contribution in [2.75, 3.05) is 6.61 Å². The van der Waals surface area contributed by atoms with Gasteiger partial charge in [-0.25, -0.2) is 4.39 Å². The van der Waals surface area contributed by atoms with Crippen LogP contribution in [0.5, 0.6) is 0 Å². The van der Waals surface area contributed by atoms with Crippen molar-refractivity contribution in [3.63, 3.8) is 0 Å². The van der Waals surface area contributed by atoms with Gasteiger partial charge in [-0.3, -0.25) is 4.79 Å². The number of hydrogen-bond donors (Lipinski definition) is 0. The largest absolute Gasteiger partial charge is 0.347 e. The Morgan fingerprint density at radius 1 is 1.50 bits per heavy atom. The number of rotatable bonds is 2. The van der Waals surface area contributed by atoms with Crippen LogP contribution in [0.25, 0.3) is 0 Å². The van der Waals surface area contributed by atoms with E-state index >= 15 is 0 Å². The quantitative estimate of drug-likeness (QED) is 0.724. The molecule has 1 fully saturated rings. The second-order valence-electron chi connectivity index (χ2n) is 4.19. The Bertz CT molecular complexity index is 415. The molecule has 1 aliphatic rings. The maximum atomic E-state index is 13.8. The van der Waals surface area contributed by atoms with Crippen molar-refractivity contribution in [1.29, 1.82) is 0 Å². The highest BCUT2D eigenvalue weighted by atomic mass is 19.1. The summed E-state index contributed by atoms with van der Waals surface area (Å²) in [6, 6.07) is 4.68. The number of carbonyl (C=O) groups excluding carboxylic acids is 1. The molecule has 0 amide bonds. The number of halogens is 1.